The van der Waals surface area contributed by atoms with Crippen molar-refractivity contribution in [1.29, 1.82) is 0 Å². The zero-order valence-electron chi connectivity index (χ0n) is 12.8. The van der Waals surface area contributed by atoms with Crippen LogP contribution in [0.1, 0.15) is 5.56 Å². The van der Waals surface area contributed by atoms with Crippen LogP contribution in [-0.4, -0.2) is 33.5 Å². The molecule has 0 spiro atoms. The Morgan fingerprint density at radius 2 is 2.04 bits per heavy atom. The molecule has 0 bridgehead atoms. The van der Waals surface area contributed by atoms with Gasteiger partial charge in [-0.05, 0) is 57.5 Å². The first-order valence-electron chi connectivity index (χ1n) is 7.24. The van der Waals surface area contributed by atoms with Crippen molar-refractivity contribution in [1.82, 2.24) is 9.88 Å². The minimum absolute atomic E-state index is 0.270. The van der Waals surface area contributed by atoms with Crippen LogP contribution in [-0.2, 0) is 9.59 Å². The van der Waals surface area contributed by atoms with Crippen LogP contribution in [0.5, 0.6) is 0 Å². The maximum atomic E-state index is 12.4. The van der Waals surface area contributed by atoms with Gasteiger partial charge < -0.3 is 5.32 Å². The normalized spacial score (nSPS) is 15.7. The minimum Gasteiger partial charge on any atom is -0.324 e. The van der Waals surface area contributed by atoms with E-state index in [4.69, 9.17) is 0 Å². The van der Waals surface area contributed by atoms with Crippen LogP contribution < -0.4 is 5.32 Å². The standard InChI is InChI=1S/C17H12BrN3O3S/c18-12-5-1-2-6-13(12)20-15(22)10-21-16(23)14(25-17(21)24)8-11-4-3-7-19-9-11/h1-9H,10H2,(H,20,22)/b14-8+. The molecule has 1 aromatic heterocycles. The fourth-order valence-corrected chi connectivity index (χ4v) is 3.37. The first-order chi connectivity index (χ1) is 12.0. The quantitative estimate of drug-likeness (QED) is 0.769. The van der Waals surface area contributed by atoms with Crippen molar-refractivity contribution in [2.75, 3.05) is 11.9 Å². The lowest BCUT2D eigenvalue weighted by atomic mass is 10.2. The Morgan fingerprint density at radius 3 is 2.76 bits per heavy atom. The highest BCUT2D eigenvalue weighted by atomic mass is 79.9. The molecule has 0 saturated carbocycles. The number of para-hydroxylation sites is 1. The number of hydrogen-bond donors (Lipinski definition) is 1. The maximum absolute atomic E-state index is 12.4. The summed E-state index contributed by atoms with van der Waals surface area (Å²) in [5, 5.41) is 2.20. The highest BCUT2D eigenvalue weighted by Crippen LogP contribution is 2.32. The average molecular weight is 418 g/mol. The topological polar surface area (TPSA) is 79.4 Å². The predicted octanol–water partition coefficient (Wildman–Crippen LogP) is 3.52. The van der Waals surface area contributed by atoms with Gasteiger partial charge >= 0.3 is 0 Å². The fourth-order valence-electron chi connectivity index (χ4n) is 2.14. The summed E-state index contributed by atoms with van der Waals surface area (Å²) in [7, 11) is 0. The summed E-state index contributed by atoms with van der Waals surface area (Å²) in [5.74, 6) is -0.932. The van der Waals surface area contributed by atoms with Crippen LogP contribution in [0, 0.1) is 0 Å². The van der Waals surface area contributed by atoms with Gasteiger partial charge in [-0.3, -0.25) is 24.3 Å². The van der Waals surface area contributed by atoms with Gasteiger partial charge in [0.1, 0.15) is 6.54 Å². The number of benzene rings is 1. The number of imide groups is 1. The molecule has 0 atom stereocenters. The number of rotatable bonds is 4. The number of nitrogens with zero attached hydrogens (tertiary/aromatic N) is 2. The summed E-state index contributed by atoms with van der Waals surface area (Å²) in [6, 6.07) is 10.6. The van der Waals surface area contributed by atoms with Crippen molar-refractivity contribution in [3.63, 3.8) is 0 Å². The van der Waals surface area contributed by atoms with E-state index in [2.05, 4.69) is 26.2 Å². The van der Waals surface area contributed by atoms with Crippen molar-refractivity contribution >= 4 is 56.5 Å². The predicted molar refractivity (Wildman–Crippen MR) is 99.7 cm³/mol. The molecule has 1 aliphatic rings. The number of hydrogen-bond acceptors (Lipinski definition) is 5. The Hall–Kier alpha value is -2.45. The molecule has 8 heteroatoms. The summed E-state index contributed by atoms with van der Waals surface area (Å²) in [4.78, 5) is 41.8. The molecule has 6 nitrogen and oxygen atoms in total. The number of pyridine rings is 1. The molecule has 2 aromatic rings. The zero-order valence-corrected chi connectivity index (χ0v) is 15.2. The Balaban J connectivity index is 1.70. The molecule has 0 radical (unpaired) electrons. The molecule has 1 aliphatic heterocycles. The van der Waals surface area contributed by atoms with E-state index in [1.54, 1.807) is 48.8 Å². The number of anilines is 1. The lowest BCUT2D eigenvalue weighted by Crippen LogP contribution is -2.36. The van der Waals surface area contributed by atoms with Crippen molar-refractivity contribution in [3.8, 4) is 0 Å². The van der Waals surface area contributed by atoms with Gasteiger partial charge in [-0.15, -0.1) is 0 Å². The molecule has 3 amide bonds. The third-order valence-corrected chi connectivity index (χ3v) is 4.90. The second-order valence-electron chi connectivity index (χ2n) is 5.08. The van der Waals surface area contributed by atoms with Crippen molar-refractivity contribution in [3.05, 3.63) is 63.7 Å². The minimum atomic E-state index is -0.485. The van der Waals surface area contributed by atoms with Crippen LogP contribution in [0.2, 0.25) is 0 Å². The van der Waals surface area contributed by atoms with Crippen LogP contribution >= 0.6 is 27.7 Å². The van der Waals surface area contributed by atoms with Crippen molar-refractivity contribution in [2.24, 2.45) is 0 Å². The molecule has 2 heterocycles. The number of carbonyl (C=O) groups excluding carboxylic acids is 3. The molecule has 0 aliphatic carbocycles. The number of aromatic nitrogens is 1. The second kappa shape index (κ2) is 7.62. The first-order valence-corrected chi connectivity index (χ1v) is 8.85. The van der Waals surface area contributed by atoms with E-state index in [0.29, 0.717) is 15.7 Å². The summed E-state index contributed by atoms with van der Waals surface area (Å²) in [5.41, 5.74) is 1.29. The Morgan fingerprint density at radius 1 is 1.24 bits per heavy atom. The Kier molecular flexibility index (Phi) is 5.30. The van der Waals surface area contributed by atoms with Crippen molar-refractivity contribution in [2.45, 2.75) is 0 Å². The SMILES string of the molecule is O=C(CN1C(=O)S/C(=C/c2cccnc2)C1=O)Nc1ccccc1Br. The van der Waals surface area contributed by atoms with Gasteiger partial charge in [0.15, 0.2) is 0 Å². The third-order valence-electron chi connectivity index (χ3n) is 3.31. The van der Waals surface area contributed by atoms with E-state index in [9.17, 15) is 14.4 Å². The van der Waals surface area contributed by atoms with Gasteiger partial charge in [-0.25, -0.2) is 0 Å². The van der Waals surface area contributed by atoms with E-state index < -0.39 is 17.1 Å². The summed E-state index contributed by atoms with van der Waals surface area (Å²) in [6.07, 6.45) is 4.80. The lowest BCUT2D eigenvalue weighted by molar-refractivity contribution is -0.127. The molecule has 1 fully saturated rings. The van der Waals surface area contributed by atoms with E-state index in [-0.39, 0.29) is 11.4 Å². The molecular formula is C17H12BrN3O3S. The number of thioether (sulfide) groups is 1. The number of carbonyl (C=O) groups is 3. The van der Waals surface area contributed by atoms with E-state index in [1.165, 1.54) is 0 Å². The molecule has 3 rings (SSSR count). The molecule has 0 unspecified atom stereocenters. The van der Waals surface area contributed by atoms with Crippen LogP contribution in [0.15, 0.2) is 58.2 Å². The van der Waals surface area contributed by atoms with Crippen LogP contribution in [0.25, 0.3) is 6.08 Å². The number of nitrogens with one attached hydrogen (secondary N) is 1. The average Bonchev–Trinajstić information content (AvgIpc) is 2.85. The number of halogens is 1. The molecule has 1 aromatic carbocycles. The van der Waals surface area contributed by atoms with Gasteiger partial charge in [0, 0.05) is 16.9 Å². The van der Waals surface area contributed by atoms with Gasteiger partial charge in [-0.1, -0.05) is 18.2 Å². The fraction of sp³-hybridized carbons (Fsp3) is 0.0588. The highest BCUT2D eigenvalue weighted by Gasteiger charge is 2.36. The van der Waals surface area contributed by atoms with Gasteiger partial charge in [0.25, 0.3) is 11.1 Å². The highest BCUT2D eigenvalue weighted by molar-refractivity contribution is 9.10. The Bertz CT molecular complexity index is 870. The van der Waals surface area contributed by atoms with E-state index >= 15 is 0 Å². The van der Waals surface area contributed by atoms with Crippen LogP contribution in [0.4, 0.5) is 10.5 Å². The third kappa shape index (κ3) is 4.15. The summed E-state index contributed by atoms with van der Waals surface area (Å²) in [6.45, 7) is -0.337. The first kappa shape index (κ1) is 17.4. The maximum Gasteiger partial charge on any atom is 0.294 e. The van der Waals surface area contributed by atoms with Crippen molar-refractivity contribution < 1.29 is 14.4 Å². The van der Waals surface area contributed by atoms with Gasteiger partial charge in [0.05, 0.1) is 10.6 Å². The lowest BCUT2D eigenvalue weighted by Gasteiger charge is -2.13. The van der Waals surface area contributed by atoms with E-state index in [0.717, 1.165) is 16.7 Å². The largest absolute Gasteiger partial charge is 0.324 e. The zero-order chi connectivity index (χ0) is 17.8. The molecule has 25 heavy (non-hydrogen) atoms. The van der Waals surface area contributed by atoms with Gasteiger partial charge in [-0.2, -0.15) is 0 Å². The molecule has 1 saturated heterocycles. The van der Waals surface area contributed by atoms with E-state index in [1.807, 2.05) is 6.07 Å². The molecule has 126 valence electrons. The molecule has 1 N–H and O–H groups in total. The molecular weight excluding hydrogens is 406 g/mol. The summed E-state index contributed by atoms with van der Waals surface area (Å²) >= 11 is 4.14. The second-order valence-corrected chi connectivity index (χ2v) is 6.93. The number of amides is 3. The summed E-state index contributed by atoms with van der Waals surface area (Å²) < 4.78 is 0.717. The monoisotopic (exact) mass is 417 g/mol. The Labute approximate surface area is 156 Å². The smallest absolute Gasteiger partial charge is 0.294 e. The van der Waals surface area contributed by atoms with Gasteiger partial charge in [0.2, 0.25) is 5.91 Å². The van der Waals surface area contributed by atoms with Crippen LogP contribution in [0.3, 0.4) is 0 Å².